The van der Waals surface area contributed by atoms with Crippen LogP contribution in [0.15, 0.2) is 437 Å². The summed E-state index contributed by atoms with van der Waals surface area (Å²) in [5.41, 5.74) is 14.2. The molecule has 0 aliphatic heterocycles. The van der Waals surface area contributed by atoms with Crippen LogP contribution in [-0.4, -0.2) is 29.9 Å². The van der Waals surface area contributed by atoms with Crippen molar-refractivity contribution in [2.24, 2.45) is 0 Å². The fourth-order valence-electron chi connectivity index (χ4n) is 19.0. The molecule has 0 saturated carbocycles. The van der Waals surface area contributed by atoms with Crippen LogP contribution in [0.4, 0.5) is 0 Å². The SMILES string of the molecule is O=P(c1ccccc1)(c1ccccc1)c1ccc(-c2nc3ccccc3c3c4ccccc4c4ncccc4c23)cc1.O=P(c1ccccc1)(c1ccccc1)c1ccc(-c2nc3ccccc3c3c4cccnc4c4ccccc4c23)cc1.c1ccc2c(c1)nc(-c1ccc(-c3cccc4c3sc3ccccc34)cc1)c1c3cccnc3c3ccccc3c21. The van der Waals surface area contributed by atoms with Gasteiger partial charge in [-0.2, -0.15) is 0 Å². The molecule has 11 heteroatoms. The maximum atomic E-state index is 15.0. The van der Waals surface area contributed by atoms with Crippen molar-refractivity contribution in [2.45, 2.75) is 0 Å². The van der Waals surface area contributed by atoms with Gasteiger partial charge < -0.3 is 9.13 Å². The third-order valence-corrected chi connectivity index (χ3v) is 32.0. The molecule has 0 aliphatic carbocycles. The van der Waals surface area contributed by atoms with Gasteiger partial charge in [0.2, 0.25) is 0 Å². The van der Waals surface area contributed by atoms with Crippen LogP contribution in [0.5, 0.6) is 0 Å². The number of hydrogen-bond donors (Lipinski definition) is 0. The van der Waals surface area contributed by atoms with E-state index in [4.69, 9.17) is 29.9 Å². The number of pyridine rings is 6. The quantitative estimate of drug-likeness (QED) is 0.0983. The van der Waals surface area contributed by atoms with E-state index < -0.39 is 14.3 Å². The average Bonchev–Trinajstić information content (AvgIpc) is 1.48. The Labute approximate surface area is 723 Å². The molecule has 0 saturated heterocycles. The molecular formula is C114H72N6O2P2S. The van der Waals surface area contributed by atoms with Gasteiger partial charge in [-0.3, -0.25) is 15.0 Å². The van der Waals surface area contributed by atoms with Crippen molar-refractivity contribution in [3.63, 3.8) is 0 Å². The fraction of sp³-hybridized carbons (Fsp3) is 0. The van der Waals surface area contributed by atoms with Crippen LogP contribution in [0.3, 0.4) is 0 Å². The van der Waals surface area contributed by atoms with Crippen molar-refractivity contribution in [1.82, 2.24) is 29.9 Å². The van der Waals surface area contributed by atoms with E-state index in [0.29, 0.717) is 0 Å². The molecule has 0 spiro atoms. The first kappa shape index (κ1) is 74.7. The summed E-state index contributed by atoms with van der Waals surface area (Å²) >= 11 is 1.87. The molecule has 0 N–H and O–H groups in total. The van der Waals surface area contributed by atoms with E-state index in [2.05, 4.69) is 243 Å². The molecule has 0 unspecified atom stereocenters. The maximum absolute atomic E-state index is 15.0. The van der Waals surface area contributed by atoms with Gasteiger partial charge in [0.15, 0.2) is 14.3 Å². The van der Waals surface area contributed by atoms with Gasteiger partial charge in [0.25, 0.3) is 0 Å². The third-order valence-electron chi connectivity index (χ3n) is 24.6. The lowest BCUT2D eigenvalue weighted by molar-refractivity contribution is 0.591. The van der Waals surface area contributed by atoms with Crippen molar-refractivity contribution < 1.29 is 9.13 Å². The average molecular weight is 1650 g/mol. The summed E-state index contributed by atoms with van der Waals surface area (Å²) in [6.45, 7) is 0. The van der Waals surface area contributed by atoms with Crippen LogP contribution < -0.4 is 31.8 Å². The predicted molar refractivity (Wildman–Crippen MR) is 530 cm³/mol. The van der Waals surface area contributed by atoms with E-state index in [1.54, 1.807) is 0 Å². The van der Waals surface area contributed by atoms with Crippen LogP contribution >= 0.6 is 25.6 Å². The van der Waals surface area contributed by atoms with Crippen LogP contribution in [0.1, 0.15) is 0 Å². The van der Waals surface area contributed by atoms with Gasteiger partial charge in [0, 0.05) is 168 Å². The number of aromatic nitrogens is 6. The largest absolute Gasteiger partial charge is 0.309 e. The molecule has 0 bridgehead atoms. The second-order valence-electron chi connectivity index (χ2n) is 31.5. The van der Waals surface area contributed by atoms with E-state index in [-0.39, 0.29) is 0 Å². The molecule has 0 atom stereocenters. The molecule has 0 fully saturated rings. The molecule has 7 aromatic heterocycles. The Morgan fingerprint density at radius 1 is 0.192 bits per heavy atom. The number of fused-ring (bicyclic) bond motifs is 27. The Balaban J connectivity index is 0.000000108. The molecule has 0 radical (unpaired) electrons. The molecule has 25 rings (SSSR count). The summed E-state index contributed by atoms with van der Waals surface area (Å²) in [4.78, 5) is 30.3. The summed E-state index contributed by atoms with van der Waals surface area (Å²) in [5, 5.41) is 28.0. The number of para-hydroxylation sites is 3. The van der Waals surface area contributed by atoms with Crippen LogP contribution in [0, 0.1) is 0 Å². The first-order valence-electron chi connectivity index (χ1n) is 41.9. The van der Waals surface area contributed by atoms with Gasteiger partial charge in [-0.05, 0) is 69.8 Å². The molecule has 0 amide bonds. The summed E-state index contributed by atoms with van der Waals surface area (Å²) in [5.74, 6) is 0. The zero-order valence-corrected chi connectivity index (χ0v) is 70.0. The predicted octanol–water partition coefficient (Wildman–Crippen LogP) is 27.6. The minimum atomic E-state index is -3.08. The van der Waals surface area contributed by atoms with E-state index in [9.17, 15) is 9.13 Å². The maximum Gasteiger partial charge on any atom is 0.171 e. The monoisotopic (exact) mass is 1650 g/mol. The van der Waals surface area contributed by atoms with Gasteiger partial charge in [0.05, 0.1) is 50.2 Å². The Morgan fingerprint density at radius 3 is 0.840 bits per heavy atom. The summed E-state index contributed by atoms with van der Waals surface area (Å²) in [6, 6.07) is 143. The first-order chi connectivity index (χ1) is 61.8. The van der Waals surface area contributed by atoms with E-state index in [1.165, 1.54) is 58.2 Å². The lowest BCUT2D eigenvalue weighted by atomic mass is 9.91. The van der Waals surface area contributed by atoms with Crippen LogP contribution in [0.2, 0.25) is 0 Å². The topological polar surface area (TPSA) is 111 Å². The highest BCUT2D eigenvalue weighted by Gasteiger charge is 2.32. The normalized spacial score (nSPS) is 11.9. The highest BCUT2D eigenvalue weighted by atomic mass is 32.1. The second kappa shape index (κ2) is 31.0. The molecule has 8 nitrogen and oxygen atoms in total. The molecule has 586 valence electrons. The number of benzene rings is 18. The third kappa shape index (κ3) is 12.5. The van der Waals surface area contributed by atoms with Gasteiger partial charge in [-0.25, -0.2) is 15.0 Å². The highest BCUT2D eigenvalue weighted by Crippen LogP contribution is 2.50. The lowest BCUT2D eigenvalue weighted by Gasteiger charge is -2.20. The molecule has 0 aliphatic rings. The Hall–Kier alpha value is -15.3. The highest BCUT2D eigenvalue weighted by molar-refractivity contribution is 7.85. The molecule has 125 heavy (non-hydrogen) atoms. The lowest BCUT2D eigenvalue weighted by Crippen LogP contribution is -2.24. The van der Waals surface area contributed by atoms with Crippen molar-refractivity contribution in [2.75, 3.05) is 0 Å². The Bertz CT molecular complexity index is 8300. The molecule has 25 aromatic rings. The number of thiophene rings is 1. The number of rotatable bonds is 10. The Morgan fingerprint density at radius 2 is 0.456 bits per heavy atom. The summed E-state index contributed by atoms with van der Waals surface area (Å²) in [6.07, 6.45) is 5.60. The summed E-state index contributed by atoms with van der Waals surface area (Å²) in [7, 11) is -6.15. The van der Waals surface area contributed by atoms with Gasteiger partial charge >= 0.3 is 0 Å². The van der Waals surface area contributed by atoms with E-state index >= 15 is 0 Å². The Kier molecular flexibility index (Phi) is 18.5. The molecule has 18 aromatic carbocycles. The standard InChI is InChI=1S/2C38H25N2OP.C38H22N2S/c41-42(27-12-3-1-4-13-27,28-14-5-2-6-15-28)29-23-21-26(22-24-29)37-36-30-16-7-8-17-31(30)38-33(19-11-25-39-38)35(36)32-18-9-10-20-34(32)40-37;41-42(27-12-3-1-4-13-27,28-14-5-2-6-15-28)29-23-21-26(22-24-29)37-36-33-19-11-25-39-38(33)31-17-8-7-16-30(31)35(36)32-18-9-10-20-34(32)40-37;1-2-11-28-27(10-1)34-30-12-3-5-16-32(30)40-36(35(34)31-15-8-22-39-37(28)31)24-20-18-23(19-21-24)25-13-7-14-29-26-9-4-6-17-33(26)41-38(25)29/h2*1-25H;1-22H. The molecular weight excluding hydrogens is 1580 g/mol. The van der Waals surface area contributed by atoms with E-state index in [0.717, 1.165) is 169 Å². The van der Waals surface area contributed by atoms with Crippen molar-refractivity contribution >= 4 is 208 Å². The van der Waals surface area contributed by atoms with Crippen molar-refractivity contribution in [1.29, 1.82) is 0 Å². The zero-order chi connectivity index (χ0) is 83.1. The minimum Gasteiger partial charge on any atom is -0.309 e. The summed E-state index contributed by atoms with van der Waals surface area (Å²) < 4.78 is 32.6. The van der Waals surface area contributed by atoms with Gasteiger partial charge in [-0.1, -0.05) is 376 Å². The fourth-order valence-corrected chi connectivity index (χ4v) is 25.5. The van der Waals surface area contributed by atoms with Gasteiger partial charge in [0.1, 0.15) is 0 Å². The van der Waals surface area contributed by atoms with Crippen molar-refractivity contribution in [3.8, 4) is 44.9 Å². The smallest absolute Gasteiger partial charge is 0.171 e. The zero-order valence-electron chi connectivity index (χ0n) is 67.4. The molecule has 7 heterocycles. The number of hydrogen-bond acceptors (Lipinski definition) is 9. The van der Waals surface area contributed by atoms with Crippen LogP contribution in [-0.2, 0) is 9.13 Å². The van der Waals surface area contributed by atoms with E-state index in [1.807, 2.05) is 206 Å². The first-order valence-corrected chi connectivity index (χ1v) is 46.1. The number of nitrogens with zero attached hydrogens (tertiary/aromatic N) is 6. The van der Waals surface area contributed by atoms with Crippen molar-refractivity contribution in [3.05, 3.63) is 437 Å². The minimum absolute atomic E-state index is 0.797. The van der Waals surface area contributed by atoms with Gasteiger partial charge in [-0.15, -0.1) is 11.3 Å². The van der Waals surface area contributed by atoms with Crippen LogP contribution in [0.25, 0.3) is 195 Å². The second-order valence-corrected chi connectivity index (χ2v) is 38.1.